The Morgan fingerprint density at radius 2 is 2.29 bits per heavy atom. The van der Waals surface area contributed by atoms with Crippen molar-refractivity contribution in [3.8, 4) is 10.6 Å². The van der Waals surface area contributed by atoms with Gasteiger partial charge in [0.2, 0.25) is 0 Å². The Morgan fingerprint density at radius 1 is 1.53 bits per heavy atom. The highest BCUT2D eigenvalue weighted by Crippen LogP contribution is 2.27. The van der Waals surface area contributed by atoms with Crippen molar-refractivity contribution in [2.24, 2.45) is 0 Å². The summed E-state index contributed by atoms with van der Waals surface area (Å²) < 4.78 is 12.9. The number of aromatic nitrogens is 1. The molecule has 0 aliphatic rings. The Balaban J connectivity index is 2.33. The van der Waals surface area contributed by atoms with E-state index in [2.05, 4.69) is 4.98 Å². The van der Waals surface area contributed by atoms with Crippen molar-refractivity contribution in [2.75, 3.05) is 0 Å². The highest BCUT2D eigenvalue weighted by molar-refractivity contribution is 7.13. The maximum atomic E-state index is 12.9. The largest absolute Gasteiger partial charge is 0.481 e. The highest BCUT2D eigenvalue weighted by atomic mass is 32.1. The lowest BCUT2D eigenvalue weighted by atomic mass is 10.1. The molecule has 0 amide bonds. The molecule has 88 valence electrons. The van der Waals surface area contributed by atoms with Crippen molar-refractivity contribution in [1.29, 1.82) is 0 Å². The maximum absolute atomic E-state index is 12.9. The van der Waals surface area contributed by atoms with E-state index in [-0.39, 0.29) is 12.2 Å². The van der Waals surface area contributed by atoms with Crippen LogP contribution >= 0.6 is 11.3 Å². The molecular weight excluding hydrogens is 241 g/mol. The topological polar surface area (TPSA) is 50.2 Å². The molecule has 1 N–H and O–H groups in total. The molecule has 0 spiro atoms. The Hall–Kier alpha value is -1.75. The molecule has 0 radical (unpaired) electrons. The number of nitrogens with zero attached hydrogens (tertiary/aromatic N) is 1. The number of carboxylic acid groups (broad SMARTS) is 1. The SMILES string of the molecule is Cc1cc(F)ccc1-c1nc(CC(=O)O)cs1. The van der Waals surface area contributed by atoms with Gasteiger partial charge in [-0.3, -0.25) is 4.79 Å². The molecule has 5 heteroatoms. The van der Waals surface area contributed by atoms with Gasteiger partial charge in [-0.2, -0.15) is 0 Å². The summed E-state index contributed by atoms with van der Waals surface area (Å²) in [7, 11) is 0. The normalized spacial score (nSPS) is 10.5. The van der Waals surface area contributed by atoms with E-state index in [0.717, 1.165) is 16.1 Å². The predicted molar refractivity (Wildman–Crippen MR) is 63.6 cm³/mol. The first kappa shape index (κ1) is 11.7. The number of hydrogen-bond donors (Lipinski definition) is 1. The molecule has 2 rings (SSSR count). The second kappa shape index (κ2) is 4.63. The third-order valence-corrected chi connectivity index (χ3v) is 3.23. The van der Waals surface area contributed by atoms with Crippen LogP contribution in [0.1, 0.15) is 11.3 Å². The lowest BCUT2D eigenvalue weighted by Gasteiger charge is -2.01. The van der Waals surface area contributed by atoms with Gasteiger partial charge in [-0.15, -0.1) is 11.3 Å². The number of aliphatic carboxylic acids is 1. The zero-order valence-electron chi connectivity index (χ0n) is 9.11. The summed E-state index contributed by atoms with van der Waals surface area (Å²) in [4.78, 5) is 14.8. The fourth-order valence-corrected chi connectivity index (χ4v) is 2.44. The van der Waals surface area contributed by atoms with Gasteiger partial charge in [-0.25, -0.2) is 9.37 Å². The van der Waals surface area contributed by atoms with Crippen LogP contribution in [0.4, 0.5) is 4.39 Å². The molecule has 2 aromatic rings. The average Bonchev–Trinajstić information content (AvgIpc) is 2.65. The van der Waals surface area contributed by atoms with Gasteiger partial charge in [0.25, 0.3) is 0 Å². The van der Waals surface area contributed by atoms with Crippen molar-refractivity contribution in [1.82, 2.24) is 4.98 Å². The van der Waals surface area contributed by atoms with Gasteiger partial charge < -0.3 is 5.11 Å². The van der Waals surface area contributed by atoms with Crippen molar-refractivity contribution < 1.29 is 14.3 Å². The standard InChI is InChI=1S/C12H10FNO2S/c1-7-4-8(13)2-3-10(7)12-14-9(6-17-12)5-11(15)16/h2-4,6H,5H2,1H3,(H,15,16). The van der Waals surface area contributed by atoms with Crippen LogP contribution in [-0.2, 0) is 11.2 Å². The van der Waals surface area contributed by atoms with E-state index < -0.39 is 5.97 Å². The first-order valence-electron chi connectivity index (χ1n) is 4.99. The summed E-state index contributed by atoms with van der Waals surface area (Å²) in [6.07, 6.45) is -0.0866. The molecule has 0 unspecified atom stereocenters. The number of hydrogen-bond acceptors (Lipinski definition) is 3. The minimum atomic E-state index is -0.905. The summed E-state index contributed by atoms with van der Waals surface area (Å²) in [5, 5.41) is 11.1. The van der Waals surface area contributed by atoms with Gasteiger partial charge in [0, 0.05) is 10.9 Å². The number of thiazole rings is 1. The molecule has 0 bridgehead atoms. The Bertz CT molecular complexity index is 565. The van der Waals surface area contributed by atoms with E-state index in [1.54, 1.807) is 18.4 Å². The van der Waals surface area contributed by atoms with Crippen LogP contribution in [0.3, 0.4) is 0 Å². The third kappa shape index (κ3) is 2.68. The van der Waals surface area contributed by atoms with E-state index in [1.807, 2.05) is 0 Å². The molecule has 1 aromatic heterocycles. The zero-order chi connectivity index (χ0) is 12.4. The quantitative estimate of drug-likeness (QED) is 0.912. The monoisotopic (exact) mass is 251 g/mol. The van der Waals surface area contributed by atoms with E-state index in [0.29, 0.717) is 5.69 Å². The number of aryl methyl sites for hydroxylation is 1. The van der Waals surface area contributed by atoms with E-state index in [1.165, 1.54) is 23.5 Å². The van der Waals surface area contributed by atoms with Crippen LogP contribution < -0.4 is 0 Å². The lowest BCUT2D eigenvalue weighted by molar-refractivity contribution is -0.136. The number of carbonyl (C=O) groups is 1. The van der Waals surface area contributed by atoms with Crippen molar-refractivity contribution in [3.05, 3.63) is 40.7 Å². The molecule has 17 heavy (non-hydrogen) atoms. The molecule has 3 nitrogen and oxygen atoms in total. The van der Waals surface area contributed by atoms with E-state index in [4.69, 9.17) is 5.11 Å². The highest BCUT2D eigenvalue weighted by Gasteiger charge is 2.10. The predicted octanol–water partition coefficient (Wildman–Crippen LogP) is 2.88. The van der Waals surface area contributed by atoms with Crippen molar-refractivity contribution in [3.63, 3.8) is 0 Å². The summed E-state index contributed by atoms with van der Waals surface area (Å²) in [5.41, 5.74) is 2.16. The summed E-state index contributed by atoms with van der Waals surface area (Å²) in [6, 6.07) is 4.47. The molecule has 0 saturated heterocycles. The number of rotatable bonds is 3. The smallest absolute Gasteiger partial charge is 0.309 e. The summed E-state index contributed by atoms with van der Waals surface area (Å²) >= 11 is 1.37. The molecule has 1 aromatic carbocycles. The fourth-order valence-electron chi connectivity index (χ4n) is 1.53. The number of halogens is 1. The van der Waals surface area contributed by atoms with Gasteiger partial charge in [0.05, 0.1) is 12.1 Å². The third-order valence-electron chi connectivity index (χ3n) is 2.30. The number of carboxylic acids is 1. The van der Waals surface area contributed by atoms with Gasteiger partial charge in [0.15, 0.2) is 0 Å². The maximum Gasteiger partial charge on any atom is 0.309 e. The van der Waals surface area contributed by atoms with Crippen LogP contribution in [-0.4, -0.2) is 16.1 Å². The summed E-state index contributed by atoms with van der Waals surface area (Å²) in [6.45, 7) is 1.80. The minimum Gasteiger partial charge on any atom is -0.481 e. The first-order valence-corrected chi connectivity index (χ1v) is 5.87. The zero-order valence-corrected chi connectivity index (χ0v) is 9.92. The van der Waals surface area contributed by atoms with Crippen molar-refractivity contribution >= 4 is 17.3 Å². The first-order chi connectivity index (χ1) is 8.06. The Morgan fingerprint density at radius 3 is 2.94 bits per heavy atom. The summed E-state index contributed by atoms with van der Waals surface area (Å²) in [5.74, 6) is -1.19. The molecule has 0 atom stereocenters. The molecule has 0 fully saturated rings. The average molecular weight is 251 g/mol. The van der Waals surface area contributed by atoms with Gasteiger partial charge >= 0.3 is 5.97 Å². The van der Waals surface area contributed by atoms with Crippen LogP contribution in [0.2, 0.25) is 0 Å². The van der Waals surface area contributed by atoms with Crippen LogP contribution in [0.25, 0.3) is 10.6 Å². The Labute approximate surface area is 102 Å². The molecule has 1 heterocycles. The van der Waals surface area contributed by atoms with Crippen molar-refractivity contribution in [2.45, 2.75) is 13.3 Å². The second-order valence-electron chi connectivity index (χ2n) is 3.67. The molecular formula is C12H10FNO2S. The lowest BCUT2D eigenvalue weighted by Crippen LogP contribution is -1.99. The molecule has 0 saturated carbocycles. The van der Waals surface area contributed by atoms with Gasteiger partial charge in [0.1, 0.15) is 10.8 Å². The van der Waals surface area contributed by atoms with Crippen LogP contribution in [0, 0.1) is 12.7 Å². The number of benzene rings is 1. The van der Waals surface area contributed by atoms with E-state index >= 15 is 0 Å². The fraction of sp³-hybridized carbons (Fsp3) is 0.167. The van der Waals surface area contributed by atoms with Gasteiger partial charge in [-0.1, -0.05) is 0 Å². The molecule has 0 aliphatic carbocycles. The van der Waals surface area contributed by atoms with Crippen LogP contribution in [0.15, 0.2) is 23.6 Å². The Kier molecular flexibility index (Phi) is 3.19. The minimum absolute atomic E-state index is 0.0866. The second-order valence-corrected chi connectivity index (χ2v) is 4.53. The molecule has 0 aliphatic heterocycles. The van der Waals surface area contributed by atoms with Crippen LogP contribution in [0.5, 0.6) is 0 Å². The van der Waals surface area contributed by atoms with Gasteiger partial charge in [-0.05, 0) is 30.7 Å². The van der Waals surface area contributed by atoms with E-state index in [9.17, 15) is 9.18 Å².